The number of carbonyl (C=O) groups excluding carboxylic acids is 1. The van der Waals surface area contributed by atoms with Crippen molar-refractivity contribution in [2.24, 2.45) is 0 Å². The first kappa shape index (κ1) is 20.7. The highest BCUT2D eigenvalue weighted by molar-refractivity contribution is 5.94. The second kappa shape index (κ2) is 7.75. The van der Waals surface area contributed by atoms with Gasteiger partial charge in [-0.3, -0.25) is 0 Å². The molecule has 1 N–H and O–H groups in total. The van der Waals surface area contributed by atoms with Crippen molar-refractivity contribution < 1.29 is 32.5 Å². The maximum absolute atomic E-state index is 13.9. The number of carbonyl (C=O) groups is 1. The van der Waals surface area contributed by atoms with E-state index in [2.05, 4.69) is 9.72 Å². The molecular formula is C20H19F3N2O4. The molecular weight excluding hydrogens is 389 g/mol. The molecule has 2 aromatic heterocycles. The number of aliphatic hydroxyl groups is 1. The molecule has 0 spiro atoms. The third-order valence-corrected chi connectivity index (χ3v) is 4.51. The molecule has 2 heterocycles. The summed E-state index contributed by atoms with van der Waals surface area (Å²) in [7, 11) is 1.34. The fourth-order valence-electron chi connectivity index (χ4n) is 3.18. The minimum absolute atomic E-state index is 0.0133. The van der Waals surface area contributed by atoms with E-state index in [9.17, 15) is 23.1 Å². The van der Waals surface area contributed by atoms with Crippen molar-refractivity contribution in [3.63, 3.8) is 0 Å². The maximum atomic E-state index is 13.9. The molecule has 0 amide bonds. The number of alkyl halides is 3. The molecule has 29 heavy (non-hydrogen) atoms. The Balaban J connectivity index is 2.29. The van der Waals surface area contributed by atoms with Crippen molar-refractivity contribution in [3.05, 3.63) is 59.9 Å². The van der Waals surface area contributed by atoms with Crippen molar-refractivity contribution >= 4 is 16.9 Å². The van der Waals surface area contributed by atoms with Crippen LogP contribution in [0.3, 0.4) is 0 Å². The summed E-state index contributed by atoms with van der Waals surface area (Å²) in [4.78, 5) is 16.3. The Kier molecular flexibility index (Phi) is 5.52. The van der Waals surface area contributed by atoms with Crippen LogP contribution in [-0.2, 0) is 21.7 Å². The van der Waals surface area contributed by atoms with Gasteiger partial charge < -0.3 is 19.1 Å². The lowest BCUT2D eigenvalue weighted by Crippen LogP contribution is -2.50. The van der Waals surface area contributed by atoms with Gasteiger partial charge in [0.25, 0.3) is 5.60 Å². The largest absolute Gasteiger partial charge is 0.479 e. The van der Waals surface area contributed by atoms with Gasteiger partial charge in [0.15, 0.2) is 0 Å². The lowest BCUT2D eigenvalue weighted by Gasteiger charge is -2.27. The Morgan fingerprint density at radius 3 is 2.48 bits per heavy atom. The maximum Gasteiger partial charge on any atom is 0.432 e. The summed E-state index contributed by atoms with van der Waals surface area (Å²) in [5.41, 5.74) is -3.46. The molecule has 9 heteroatoms. The van der Waals surface area contributed by atoms with Gasteiger partial charge in [0.1, 0.15) is 5.52 Å². The van der Waals surface area contributed by atoms with Crippen LogP contribution in [0.25, 0.3) is 10.9 Å². The Morgan fingerprint density at radius 2 is 1.90 bits per heavy atom. The first-order valence-corrected chi connectivity index (χ1v) is 8.76. The number of hydrogen-bond acceptors (Lipinski definition) is 5. The molecule has 1 unspecified atom stereocenters. The number of pyridine rings is 1. The van der Waals surface area contributed by atoms with Crippen molar-refractivity contribution in [1.82, 2.24) is 9.55 Å². The Morgan fingerprint density at radius 1 is 1.21 bits per heavy atom. The number of rotatable bonds is 6. The molecule has 0 fully saturated rings. The van der Waals surface area contributed by atoms with Crippen LogP contribution in [0.2, 0.25) is 0 Å². The van der Waals surface area contributed by atoms with E-state index in [1.54, 1.807) is 24.3 Å². The number of methoxy groups -OCH3 is 1. The van der Waals surface area contributed by atoms with Crippen molar-refractivity contribution in [1.29, 1.82) is 0 Å². The van der Waals surface area contributed by atoms with Gasteiger partial charge >= 0.3 is 12.1 Å². The second-order valence-electron chi connectivity index (χ2n) is 6.30. The van der Waals surface area contributed by atoms with Crippen molar-refractivity contribution in [2.45, 2.75) is 25.2 Å². The average Bonchev–Trinajstić information content (AvgIpc) is 3.06. The highest BCUT2D eigenvalue weighted by atomic mass is 19.4. The highest BCUT2D eigenvalue weighted by Crippen LogP contribution is 2.44. The monoisotopic (exact) mass is 408 g/mol. The number of benzene rings is 1. The van der Waals surface area contributed by atoms with Crippen LogP contribution in [0, 0.1) is 0 Å². The Bertz CT molecular complexity index is 1020. The number of fused-ring (bicyclic) bond motifs is 1. The van der Waals surface area contributed by atoms with Crippen LogP contribution in [0.1, 0.15) is 18.1 Å². The molecule has 1 atom stereocenters. The third kappa shape index (κ3) is 3.53. The van der Waals surface area contributed by atoms with Gasteiger partial charge in [-0.15, -0.1) is 0 Å². The molecule has 0 aliphatic heterocycles. The predicted molar refractivity (Wildman–Crippen MR) is 98.4 cm³/mol. The standard InChI is InChI=1S/C20H19F3N2O4/c1-3-29-18(26)19(27,20(21,22)23)15-12-25(11-13-7-5-4-6-8-13)16-14(15)9-10-24-17(16)28-2/h4-10,12,27H,3,11H2,1-2H3. The number of esters is 1. The Labute approximate surface area is 164 Å². The van der Waals surface area contributed by atoms with E-state index >= 15 is 0 Å². The molecule has 0 aliphatic rings. The van der Waals surface area contributed by atoms with Crippen LogP contribution in [-0.4, -0.2) is 40.5 Å². The third-order valence-electron chi connectivity index (χ3n) is 4.51. The van der Waals surface area contributed by atoms with Gasteiger partial charge in [-0.25, -0.2) is 9.78 Å². The van der Waals surface area contributed by atoms with E-state index in [-0.39, 0.29) is 29.9 Å². The zero-order valence-electron chi connectivity index (χ0n) is 15.7. The van der Waals surface area contributed by atoms with Gasteiger partial charge in [-0.2, -0.15) is 13.2 Å². The molecule has 0 saturated heterocycles. The fraction of sp³-hybridized carbons (Fsp3) is 0.300. The molecule has 0 bridgehead atoms. The van der Waals surface area contributed by atoms with Gasteiger partial charge in [0.05, 0.1) is 13.7 Å². The van der Waals surface area contributed by atoms with E-state index in [4.69, 9.17) is 4.74 Å². The lowest BCUT2D eigenvalue weighted by atomic mass is 9.93. The zero-order valence-corrected chi connectivity index (χ0v) is 15.7. The smallest absolute Gasteiger partial charge is 0.432 e. The van der Waals surface area contributed by atoms with Crippen LogP contribution < -0.4 is 4.74 Å². The van der Waals surface area contributed by atoms with Crippen LogP contribution in [0.4, 0.5) is 13.2 Å². The summed E-state index contributed by atoms with van der Waals surface area (Å²) in [5.74, 6) is -1.72. The predicted octanol–water partition coefficient (Wildman–Crippen LogP) is 3.41. The van der Waals surface area contributed by atoms with Crippen LogP contribution in [0.5, 0.6) is 5.88 Å². The number of ether oxygens (including phenoxy) is 2. The van der Waals surface area contributed by atoms with Gasteiger partial charge in [-0.05, 0) is 18.6 Å². The number of halogens is 3. The topological polar surface area (TPSA) is 73.6 Å². The normalized spacial score (nSPS) is 13.9. The quantitative estimate of drug-likeness (QED) is 0.633. The minimum atomic E-state index is -5.30. The number of nitrogens with zero attached hydrogens (tertiary/aromatic N) is 2. The van der Waals surface area contributed by atoms with E-state index in [0.717, 1.165) is 11.8 Å². The lowest BCUT2D eigenvalue weighted by molar-refractivity contribution is -0.267. The summed E-state index contributed by atoms with van der Waals surface area (Å²) < 4.78 is 52.9. The number of hydrogen-bond donors (Lipinski definition) is 1. The molecule has 0 aliphatic carbocycles. The van der Waals surface area contributed by atoms with Crippen molar-refractivity contribution in [3.8, 4) is 5.88 Å². The Hall–Kier alpha value is -3.07. The summed E-state index contributed by atoms with van der Waals surface area (Å²) in [5, 5.41) is 10.6. The molecule has 1 aromatic carbocycles. The molecule has 0 radical (unpaired) electrons. The van der Waals surface area contributed by atoms with Crippen molar-refractivity contribution in [2.75, 3.05) is 13.7 Å². The van der Waals surface area contributed by atoms with Gasteiger partial charge in [0.2, 0.25) is 5.88 Å². The molecule has 6 nitrogen and oxygen atoms in total. The molecule has 0 saturated carbocycles. The summed E-state index contributed by atoms with van der Waals surface area (Å²) >= 11 is 0. The minimum Gasteiger partial charge on any atom is -0.479 e. The molecule has 3 aromatic rings. The van der Waals surface area contributed by atoms with Crippen LogP contribution >= 0.6 is 0 Å². The van der Waals surface area contributed by atoms with E-state index in [0.29, 0.717) is 0 Å². The summed E-state index contributed by atoms with van der Waals surface area (Å²) in [6.07, 6.45) is -2.96. The summed E-state index contributed by atoms with van der Waals surface area (Å²) in [6, 6.07) is 10.3. The first-order chi connectivity index (χ1) is 13.7. The second-order valence-corrected chi connectivity index (χ2v) is 6.30. The first-order valence-electron chi connectivity index (χ1n) is 8.76. The zero-order chi connectivity index (χ0) is 21.2. The van der Waals surface area contributed by atoms with Gasteiger partial charge in [0, 0.05) is 29.9 Å². The van der Waals surface area contributed by atoms with Gasteiger partial charge in [-0.1, -0.05) is 30.3 Å². The van der Waals surface area contributed by atoms with E-state index in [1.165, 1.54) is 30.9 Å². The molecule has 3 rings (SSSR count). The van der Waals surface area contributed by atoms with E-state index < -0.39 is 23.3 Å². The molecule has 154 valence electrons. The fourth-order valence-corrected chi connectivity index (χ4v) is 3.18. The average molecular weight is 408 g/mol. The summed E-state index contributed by atoms with van der Waals surface area (Å²) in [6.45, 7) is 1.22. The highest BCUT2D eigenvalue weighted by Gasteiger charge is 2.63. The SMILES string of the molecule is CCOC(=O)C(O)(c1cn(Cc2ccccc2)c2c(OC)nccc12)C(F)(F)F. The van der Waals surface area contributed by atoms with Crippen LogP contribution in [0.15, 0.2) is 48.8 Å². The number of aromatic nitrogens is 2. The van der Waals surface area contributed by atoms with E-state index in [1.807, 2.05) is 6.07 Å².